The van der Waals surface area contributed by atoms with Gasteiger partial charge in [0.2, 0.25) is 0 Å². The molecule has 0 spiro atoms. The van der Waals surface area contributed by atoms with Crippen molar-refractivity contribution < 1.29 is 28.6 Å². The highest BCUT2D eigenvalue weighted by molar-refractivity contribution is 6.39. The largest absolute Gasteiger partial charge is 0.497 e. The lowest BCUT2D eigenvalue weighted by Crippen LogP contribution is -2.49. The number of anilines is 1. The van der Waals surface area contributed by atoms with Gasteiger partial charge in [-0.25, -0.2) is 4.79 Å². The van der Waals surface area contributed by atoms with Crippen molar-refractivity contribution in [2.45, 2.75) is 25.8 Å². The van der Waals surface area contributed by atoms with E-state index in [4.69, 9.17) is 14.2 Å². The number of likely N-dealkylation sites (tertiary alicyclic amines) is 1. The van der Waals surface area contributed by atoms with Crippen LogP contribution in [0, 0.1) is 0 Å². The van der Waals surface area contributed by atoms with Gasteiger partial charge in [0, 0.05) is 25.2 Å². The van der Waals surface area contributed by atoms with Gasteiger partial charge < -0.3 is 29.7 Å². The summed E-state index contributed by atoms with van der Waals surface area (Å²) in [5, 5.41) is 5.22. The number of carbonyl (C=O) groups excluding carboxylic acids is 3. The number of hydrogen-bond donors (Lipinski definition) is 2. The van der Waals surface area contributed by atoms with E-state index in [1.807, 2.05) is 0 Å². The van der Waals surface area contributed by atoms with Crippen LogP contribution in [0.1, 0.15) is 19.8 Å². The van der Waals surface area contributed by atoms with Gasteiger partial charge in [0.15, 0.2) is 0 Å². The summed E-state index contributed by atoms with van der Waals surface area (Å²) in [5.41, 5.74) is 0.342. The molecular formula is C18H25N3O6. The maximum atomic E-state index is 12.2. The van der Waals surface area contributed by atoms with Gasteiger partial charge in [0.25, 0.3) is 0 Å². The second-order valence-electron chi connectivity index (χ2n) is 5.95. The van der Waals surface area contributed by atoms with E-state index >= 15 is 0 Å². The molecule has 9 nitrogen and oxygen atoms in total. The summed E-state index contributed by atoms with van der Waals surface area (Å²) < 4.78 is 15.2. The van der Waals surface area contributed by atoms with Crippen LogP contribution in [0.15, 0.2) is 18.2 Å². The van der Waals surface area contributed by atoms with Crippen LogP contribution in [0.4, 0.5) is 10.5 Å². The quantitative estimate of drug-likeness (QED) is 0.749. The Morgan fingerprint density at radius 2 is 1.81 bits per heavy atom. The van der Waals surface area contributed by atoms with E-state index in [0.717, 1.165) is 0 Å². The number of methoxy groups -OCH3 is 2. The highest BCUT2D eigenvalue weighted by atomic mass is 16.6. The van der Waals surface area contributed by atoms with Gasteiger partial charge in [0.05, 0.1) is 26.5 Å². The van der Waals surface area contributed by atoms with E-state index in [1.54, 1.807) is 30.0 Å². The van der Waals surface area contributed by atoms with E-state index < -0.39 is 11.8 Å². The predicted molar refractivity (Wildman–Crippen MR) is 97.9 cm³/mol. The fourth-order valence-corrected chi connectivity index (χ4v) is 2.76. The van der Waals surface area contributed by atoms with Crippen LogP contribution >= 0.6 is 0 Å². The lowest BCUT2D eigenvalue weighted by molar-refractivity contribution is -0.136. The first kappa shape index (κ1) is 20.3. The van der Waals surface area contributed by atoms with Crippen molar-refractivity contribution >= 4 is 23.6 Å². The highest BCUT2D eigenvalue weighted by Crippen LogP contribution is 2.28. The minimum absolute atomic E-state index is 0.180. The molecule has 0 aliphatic carbocycles. The van der Waals surface area contributed by atoms with Crippen molar-refractivity contribution in [3.05, 3.63) is 18.2 Å². The molecule has 148 valence electrons. The second-order valence-corrected chi connectivity index (χ2v) is 5.95. The number of rotatable bonds is 5. The zero-order valence-corrected chi connectivity index (χ0v) is 15.7. The van der Waals surface area contributed by atoms with Crippen molar-refractivity contribution in [3.8, 4) is 11.5 Å². The van der Waals surface area contributed by atoms with Crippen LogP contribution in [0.3, 0.4) is 0 Å². The number of nitrogens with zero attached hydrogens (tertiary/aromatic N) is 1. The second kappa shape index (κ2) is 9.65. The van der Waals surface area contributed by atoms with E-state index in [9.17, 15) is 14.4 Å². The molecule has 27 heavy (non-hydrogen) atoms. The molecule has 1 saturated heterocycles. The first-order valence-electron chi connectivity index (χ1n) is 8.74. The van der Waals surface area contributed by atoms with Crippen LogP contribution in [0.25, 0.3) is 0 Å². The standard InChI is InChI=1S/C18H25N3O6/c1-4-27-18(24)21-9-7-12(8-10-21)19-16(22)17(23)20-14-11-13(25-2)5-6-15(14)26-3/h5-6,11-12H,4,7-10H2,1-3H3,(H,19,22)(H,20,23). The number of ether oxygens (including phenoxy) is 3. The molecule has 1 heterocycles. The smallest absolute Gasteiger partial charge is 0.409 e. The lowest BCUT2D eigenvalue weighted by Gasteiger charge is -2.31. The average molecular weight is 379 g/mol. The van der Waals surface area contributed by atoms with Crippen molar-refractivity contribution in [1.29, 1.82) is 0 Å². The number of amides is 3. The molecule has 9 heteroatoms. The minimum atomic E-state index is -0.797. The predicted octanol–water partition coefficient (Wildman–Crippen LogP) is 1.38. The molecule has 0 atom stereocenters. The topological polar surface area (TPSA) is 106 Å². The third-order valence-corrected chi connectivity index (χ3v) is 4.22. The SMILES string of the molecule is CCOC(=O)N1CCC(NC(=O)C(=O)Nc2cc(OC)ccc2OC)CC1. The molecule has 1 fully saturated rings. The van der Waals surface area contributed by atoms with Crippen LogP contribution in [-0.4, -0.2) is 62.8 Å². The highest BCUT2D eigenvalue weighted by Gasteiger charge is 2.26. The van der Waals surface area contributed by atoms with Crippen molar-refractivity contribution in [3.63, 3.8) is 0 Å². The van der Waals surface area contributed by atoms with Gasteiger partial charge >= 0.3 is 17.9 Å². The molecule has 1 aliphatic rings. The maximum absolute atomic E-state index is 12.2. The van der Waals surface area contributed by atoms with Crippen LogP contribution < -0.4 is 20.1 Å². The zero-order chi connectivity index (χ0) is 19.8. The van der Waals surface area contributed by atoms with E-state index in [-0.39, 0.29) is 12.1 Å². The Balaban J connectivity index is 1.88. The van der Waals surface area contributed by atoms with E-state index in [1.165, 1.54) is 14.2 Å². The van der Waals surface area contributed by atoms with E-state index in [2.05, 4.69) is 10.6 Å². The van der Waals surface area contributed by atoms with E-state index in [0.29, 0.717) is 49.7 Å². The molecule has 0 saturated carbocycles. The van der Waals surface area contributed by atoms with Crippen molar-refractivity contribution in [2.24, 2.45) is 0 Å². The molecule has 2 N–H and O–H groups in total. The summed E-state index contributed by atoms with van der Waals surface area (Å²) in [4.78, 5) is 37.7. The van der Waals surface area contributed by atoms with Crippen LogP contribution in [-0.2, 0) is 14.3 Å². The Bertz CT molecular complexity index is 686. The van der Waals surface area contributed by atoms with Gasteiger partial charge in [-0.2, -0.15) is 0 Å². The van der Waals surface area contributed by atoms with Crippen LogP contribution in [0.2, 0.25) is 0 Å². The summed E-state index contributed by atoms with van der Waals surface area (Å²) in [6.07, 6.45) is 0.755. The average Bonchev–Trinajstić information content (AvgIpc) is 2.68. The molecule has 1 aromatic carbocycles. The van der Waals surface area contributed by atoms with Gasteiger partial charge in [-0.3, -0.25) is 9.59 Å². The van der Waals surface area contributed by atoms with Gasteiger partial charge in [-0.15, -0.1) is 0 Å². The molecule has 1 aliphatic heterocycles. The molecule has 2 rings (SSSR count). The molecular weight excluding hydrogens is 354 g/mol. The molecule has 0 unspecified atom stereocenters. The summed E-state index contributed by atoms with van der Waals surface area (Å²) in [6.45, 7) is 3.01. The first-order chi connectivity index (χ1) is 13.0. The van der Waals surface area contributed by atoms with Crippen LogP contribution in [0.5, 0.6) is 11.5 Å². The third kappa shape index (κ3) is 5.50. The lowest BCUT2D eigenvalue weighted by atomic mass is 10.1. The van der Waals surface area contributed by atoms with Gasteiger partial charge in [-0.05, 0) is 31.9 Å². The Labute approximate surface area is 157 Å². The van der Waals surface area contributed by atoms with Gasteiger partial charge in [-0.1, -0.05) is 0 Å². The maximum Gasteiger partial charge on any atom is 0.409 e. The monoisotopic (exact) mass is 379 g/mol. The van der Waals surface area contributed by atoms with Crippen molar-refractivity contribution in [1.82, 2.24) is 10.2 Å². The van der Waals surface area contributed by atoms with Gasteiger partial charge in [0.1, 0.15) is 11.5 Å². The molecule has 0 radical (unpaired) electrons. The first-order valence-corrected chi connectivity index (χ1v) is 8.74. The third-order valence-electron chi connectivity index (χ3n) is 4.22. The zero-order valence-electron chi connectivity index (χ0n) is 15.7. The number of piperidine rings is 1. The molecule has 1 aromatic rings. The number of carbonyl (C=O) groups is 3. The normalized spacial score (nSPS) is 14.3. The molecule has 0 aromatic heterocycles. The number of nitrogens with one attached hydrogen (secondary N) is 2. The minimum Gasteiger partial charge on any atom is -0.497 e. The summed E-state index contributed by atoms with van der Waals surface area (Å²) in [7, 11) is 2.97. The Morgan fingerprint density at radius 1 is 1.11 bits per heavy atom. The summed E-state index contributed by atoms with van der Waals surface area (Å²) >= 11 is 0. The number of benzene rings is 1. The molecule has 0 bridgehead atoms. The Hall–Kier alpha value is -2.97. The summed E-state index contributed by atoms with van der Waals surface area (Å²) in [5.74, 6) is -0.596. The summed E-state index contributed by atoms with van der Waals surface area (Å²) in [6, 6.07) is 4.71. The molecule has 3 amide bonds. The number of hydrogen-bond acceptors (Lipinski definition) is 6. The van der Waals surface area contributed by atoms with Crippen molar-refractivity contribution in [2.75, 3.05) is 39.2 Å². The fraction of sp³-hybridized carbons (Fsp3) is 0.500. The Morgan fingerprint density at radius 3 is 2.41 bits per heavy atom. The fourth-order valence-electron chi connectivity index (χ4n) is 2.76. The Kier molecular flexibility index (Phi) is 7.27.